The second-order valence-electron chi connectivity index (χ2n) is 6.31. The molecule has 0 spiro atoms. The van der Waals surface area contributed by atoms with Crippen LogP contribution in [0.2, 0.25) is 0 Å². The Balaban J connectivity index is 1.80. The maximum Gasteiger partial charge on any atom is 0.283 e. The van der Waals surface area contributed by atoms with Gasteiger partial charge in [-0.2, -0.15) is 4.99 Å². The molecule has 148 valence electrons. The summed E-state index contributed by atoms with van der Waals surface area (Å²) in [5, 5.41) is 0. The van der Waals surface area contributed by atoms with E-state index in [-0.39, 0.29) is 6.54 Å². The van der Waals surface area contributed by atoms with Crippen LogP contribution in [0.15, 0.2) is 77.8 Å². The average molecular weight is 414 g/mol. The molecule has 1 heterocycles. The van der Waals surface area contributed by atoms with E-state index in [9.17, 15) is 4.79 Å². The quantitative estimate of drug-likeness (QED) is 0.438. The highest BCUT2D eigenvalue weighted by Crippen LogP contribution is 2.28. The highest BCUT2D eigenvalue weighted by atomic mass is 32.1. The number of terminal acetylenes is 1. The van der Waals surface area contributed by atoms with Gasteiger partial charge < -0.3 is 14.0 Å². The molecule has 4 aromatic rings. The Morgan fingerprint density at radius 3 is 2.53 bits per heavy atom. The number of amides is 1. The molecule has 0 aliphatic heterocycles. The first-order chi connectivity index (χ1) is 14.7. The SMILES string of the molecule is C#CCn1c(=NC(=O)c2ccccc2Oc2ccccc2)sc2cccc(OC)c21. The van der Waals surface area contributed by atoms with Gasteiger partial charge in [0.15, 0.2) is 4.80 Å². The largest absolute Gasteiger partial charge is 0.495 e. The number of carbonyl (C=O) groups is 1. The van der Waals surface area contributed by atoms with Crippen LogP contribution in [0, 0.1) is 12.3 Å². The van der Waals surface area contributed by atoms with Crippen molar-refractivity contribution in [3.63, 3.8) is 0 Å². The number of thiazole rings is 1. The second-order valence-corrected chi connectivity index (χ2v) is 7.32. The zero-order valence-electron chi connectivity index (χ0n) is 16.2. The van der Waals surface area contributed by atoms with Crippen LogP contribution in [0.3, 0.4) is 0 Å². The fraction of sp³-hybridized carbons (Fsp3) is 0.0833. The predicted molar refractivity (Wildman–Crippen MR) is 118 cm³/mol. The van der Waals surface area contributed by atoms with Gasteiger partial charge in [-0.3, -0.25) is 4.79 Å². The van der Waals surface area contributed by atoms with Gasteiger partial charge in [0.1, 0.15) is 22.8 Å². The van der Waals surface area contributed by atoms with E-state index in [0.29, 0.717) is 27.6 Å². The summed E-state index contributed by atoms with van der Waals surface area (Å²) in [5.74, 6) is 3.99. The maximum absolute atomic E-state index is 13.1. The Kier molecular flexibility index (Phi) is 5.64. The topological polar surface area (TPSA) is 52.8 Å². The van der Waals surface area contributed by atoms with Crippen molar-refractivity contribution in [1.29, 1.82) is 0 Å². The lowest BCUT2D eigenvalue weighted by atomic mass is 10.2. The molecule has 0 N–H and O–H groups in total. The van der Waals surface area contributed by atoms with Gasteiger partial charge in [-0.25, -0.2) is 0 Å². The van der Waals surface area contributed by atoms with Gasteiger partial charge in [0.25, 0.3) is 5.91 Å². The summed E-state index contributed by atoms with van der Waals surface area (Å²) >= 11 is 1.39. The van der Waals surface area contributed by atoms with E-state index in [1.807, 2.05) is 59.2 Å². The summed E-state index contributed by atoms with van der Waals surface area (Å²) in [6, 6.07) is 22.1. The van der Waals surface area contributed by atoms with Crippen LogP contribution in [-0.4, -0.2) is 17.6 Å². The molecule has 0 unspecified atom stereocenters. The minimum Gasteiger partial charge on any atom is -0.495 e. The highest BCUT2D eigenvalue weighted by molar-refractivity contribution is 7.16. The smallest absolute Gasteiger partial charge is 0.283 e. The van der Waals surface area contributed by atoms with E-state index >= 15 is 0 Å². The van der Waals surface area contributed by atoms with Gasteiger partial charge in [-0.1, -0.05) is 53.7 Å². The van der Waals surface area contributed by atoms with Crippen molar-refractivity contribution < 1.29 is 14.3 Å². The van der Waals surface area contributed by atoms with E-state index in [1.165, 1.54) is 11.3 Å². The molecule has 0 saturated heterocycles. The summed E-state index contributed by atoms with van der Waals surface area (Å²) in [4.78, 5) is 18.0. The molecule has 5 nitrogen and oxygen atoms in total. The summed E-state index contributed by atoms with van der Waals surface area (Å²) in [7, 11) is 1.60. The number of aromatic nitrogens is 1. The normalized spacial score (nSPS) is 11.3. The molecule has 0 fully saturated rings. The Labute approximate surface area is 177 Å². The third-order valence-corrected chi connectivity index (χ3v) is 5.46. The molecule has 0 aliphatic carbocycles. The first-order valence-electron chi connectivity index (χ1n) is 9.22. The van der Waals surface area contributed by atoms with Crippen LogP contribution < -0.4 is 14.3 Å². The van der Waals surface area contributed by atoms with Gasteiger partial charge in [-0.15, -0.1) is 6.42 Å². The van der Waals surface area contributed by atoms with Crippen molar-refractivity contribution in [3.8, 4) is 29.6 Å². The first kappa shape index (κ1) is 19.5. The molecule has 1 amide bonds. The van der Waals surface area contributed by atoms with E-state index in [0.717, 1.165) is 10.2 Å². The lowest BCUT2D eigenvalue weighted by Crippen LogP contribution is -2.17. The monoisotopic (exact) mass is 414 g/mol. The Hall–Kier alpha value is -3.82. The van der Waals surface area contributed by atoms with Gasteiger partial charge >= 0.3 is 0 Å². The predicted octanol–water partition coefficient (Wildman–Crippen LogP) is 4.88. The molecule has 0 radical (unpaired) electrons. The van der Waals surface area contributed by atoms with Crippen LogP contribution in [0.1, 0.15) is 10.4 Å². The van der Waals surface area contributed by atoms with Crippen LogP contribution in [0.4, 0.5) is 0 Å². The maximum atomic E-state index is 13.1. The van der Waals surface area contributed by atoms with Crippen LogP contribution in [0.25, 0.3) is 10.2 Å². The second kappa shape index (κ2) is 8.68. The molecule has 0 saturated carbocycles. The number of rotatable bonds is 5. The minimum absolute atomic E-state index is 0.272. The number of ether oxygens (including phenoxy) is 2. The first-order valence-corrected chi connectivity index (χ1v) is 10.0. The number of nitrogens with zero attached hydrogens (tertiary/aromatic N) is 2. The van der Waals surface area contributed by atoms with Gasteiger partial charge in [-0.05, 0) is 36.4 Å². The summed E-state index contributed by atoms with van der Waals surface area (Å²) in [6.07, 6.45) is 5.57. The molecule has 1 aromatic heterocycles. The lowest BCUT2D eigenvalue weighted by Gasteiger charge is -2.08. The number of methoxy groups -OCH3 is 1. The highest BCUT2D eigenvalue weighted by Gasteiger charge is 2.15. The molecule has 30 heavy (non-hydrogen) atoms. The third-order valence-electron chi connectivity index (χ3n) is 4.42. The standard InChI is InChI=1S/C24H18N2O3S/c1-3-16-26-22-20(28-2)14-9-15-21(22)30-24(26)25-23(27)18-12-7-8-13-19(18)29-17-10-5-4-6-11-17/h1,4-15H,16H2,2H3. The van der Waals surface area contributed by atoms with Crippen molar-refractivity contribution in [2.75, 3.05) is 7.11 Å². The Morgan fingerprint density at radius 1 is 1.03 bits per heavy atom. The fourth-order valence-corrected chi connectivity index (χ4v) is 4.13. The van der Waals surface area contributed by atoms with Crippen molar-refractivity contribution in [2.24, 2.45) is 4.99 Å². The molecular formula is C24H18N2O3S. The molecule has 0 aliphatic rings. The number of hydrogen-bond acceptors (Lipinski definition) is 4. The minimum atomic E-state index is -0.405. The van der Waals surface area contributed by atoms with Crippen molar-refractivity contribution in [3.05, 3.63) is 83.2 Å². The number of para-hydroxylation sites is 3. The molecular weight excluding hydrogens is 396 g/mol. The number of benzene rings is 3. The molecule has 6 heteroatoms. The van der Waals surface area contributed by atoms with Gasteiger partial charge in [0.05, 0.1) is 23.9 Å². The fourth-order valence-electron chi connectivity index (χ4n) is 3.08. The van der Waals surface area contributed by atoms with Crippen molar-refractivity contribution in [1.82, 2.24) is 4.57 Å². The van der Waals surface area contributed by atoms with Crippen LogP contribution in [0.5, 0.6) is 17.2 Å². The molecule has 3 aromatic carbocycles. The van der Waals surface area contributed by atoms with E-state index in [4.69, 9.17) is 15.9 Å². The van der Waals surface area contributed by atoms with E-state index < -0.39 is 5.91 Å². The van der Waals surface area contributed by atoms with Gasteiger partial charge in [0.2, 0.25) is 0 Å². The summed E-state index contributed by atoms with van der Waals surface area (Å²) in [5.41, 5.74) is 1.20. The van der Waals surface area contributed by atoms with Crippen LogP contribution >= 0.6 is 11.3 Å². The summed E-state index contributed by atoms with van der Waals surface area (Å²) in [6.45, 7) is 0.272. The summed E-state index contributed by atoms with van der Waals surface area (Å²) < 4.78 is 14.1. The Bertz CT molecular complexity index is 1310. The van der Waals surface area contributed by atoms with E-state index in [2.05, 4.69) is 10.9 Å². The Morgan fingerprint density at radius 2 is 1.77 bits per heavy atom. The van der Waals surface area contributed by atoms with E-state index in [1.54, 1.807) is 25.3 Å². The number of fused-ring (bicyclic) bond motifs is 1. The third kappa shape index (κ3) is 3.84. The molecule has 0 atom stereocenters. The molecule has 0 bridgehead atoms. The number of hydrogen-bond donors (Lipinski definition) is 0. The molecule has 4 rings (SSSR count). The zero-order valence-corrected chi connectivity index (χ0v) is 17.1. The zero-order chi connectivity index (χ0) is 20.9. The van der Waals surface area contributed by atoms with Crippen molar-refractivity contribution >= 4 is 27.5 Å². The van der Waals surface area contributed by atoms with Crippen LogP contribution in [-0.2, 0) is 6.54 Å². The number of carbonyl (C=O) groups excluding carboxylic acids is 1. The van der Waals surface area contributed by atoms with Crippen molar-refractivity contribution in [2.45, 2.75) is 6.54 Å². The lowest BCUT2D eigenvalue weighted by molar-refractivity contribution is 0.0995. The van der Waals surface area contributed by atoms with Gasteiger partial charge in [0, 0.05) is 0 Å². The average Bonchev–Trinajstić information content (AvgIpc) is 3.12.